The van der Waals surface area contributed by atoms with Crippen molar-refractivity contribution in [2.24, 2.45) is 0 Å². The lowest BCUT2D eigenvalue weighted by Gasteiger charge is -2.08. The van der Waals surface area contributed by atoms with Crippen LogP contribution in [0.1, 0.15) is 16.1 Å². The van der Waals surface area contributed by atoms with Crippen LogP contribution in [0.4, 0.5) is 10.2 Å². The summed E-state index contributed by atoms with van der Waals surface area (Å²) in [5, 5.41) is 2.63. The molecule has 0 saturated carbocycles. The van der Waals surface area contributed by atoms with Crippen LogP contribution in [-0.2, 0) is 0 Å². The Hall–Kier alpha value is -1.27. The summed E-state index contributed by atoms with van der Waals surface area (Å²) in [4.78, 5) is 16.2. The molecule has 0 fully saturated rings. The second-order valence-corrected chi connectivity index (χ2v) is 5.47. The molecule has 1 aromatic carbocycles. The van der Waals surface area contributed by atoms with Gasteiger partial charge < -0.3 is 5.32 Å². The van der Waals surface area contributed by atoms with Crippen LogP contribution in [0.15, 0.2) is 39.3 Å². The average molecular weight is 388 g/mol. The molecule has 0 aliphatic carbocycles. The molecule has 0 saturated heterocycles. The molecule has 1 aromatic heterocycles. The number of hydrogen-bond donors (Lipinski definition) is 1. The molecule has 1 amide bonds. The Balaban J connectivity index is 2.26. The van der Waals surface area contributed by atoms with E-state index in [2.05, 4.69) is 42.2 Å². The van der Waals surface area contributed by atoms with Gasteiger partial charge in [0.1, 0.15) is 11.6 Å². The zero-order chi connectivity index (χ0) is 14.0. The summed E-state index contributed by atoms with van der Waals surface area (Å²) in [7, 11) is 0. The number of carbonyl (C=O) groups excluding carboxylic acids is 1. The predicted octanol–water partition coefficient (Wildman–Crippen LogP) is 4.31. The summed E-state index contributed by atoms with van der Waals surface area (Å²) in [6, 6.07) is 7.76. The molecule has 0 unspecified atom stereocenters. The van der Waals surface area contributed by atoms with E-state index < -0.39 is 11.7 Å². The van der Waals surface area contributed by atoms with Crippen molar-refractivity contribution in [3.63, 3.8) is 0 Å². The van der Waals surface area contributed by atoms with Gasteiger partial charge in [-0.3, -0.25) is 4.79 Å². The number of amides is 1. The minimum Gasteiger partial charge on any atom is -0.307 e. The Bertz CT molecular complexity index is 647. The first kappa shape index (κ1) is 14.1. The molecular formula is C13H9Br2FN2O. The molecule has 2 aromatic rings. The number of carbonyl (C=O) groups is 1. The molecule has 0 bridgehead atoms. The van der Waals surface area contributed by atoms with E-state index in [-0.39, 0.29) is 10.0 Å². The van der Waals surface area contributed by atoms with Gasteiger partial charge in [0.2, 0.25) is 0 Å². The van der Waals surface area contributed by atoms with Crippen molar-refractivity contribution in [2.45, 2.75) is 6.92 Å². The molecule has 19 heavy (non-hydrogen) atoms. The van der Waals surface area contributed by atoms with Crippen LogP contribution in [0.3, 0.4) is 0 Å². The second-order valence-electron chi connectivity index (χ2n) is 3.82. The Labute approximate surface area is 126 Å². The molecule has 3 nitrogen and oxygen atoms in total. The zero-order valence-electron chi connectivity index (χ0n) is 9.88. The number of benzene rings is 1. The minimum atomic E-state index is -0.479. The molecule has 2 rings (SSSR count). The van der Waals surface area contributed by atoms with E-state index in [9.17, 15) is 9.18 Å². The zero-order valence-corrected chi connectivity index (χ0v) is 13.0. The minimum absolute atomic E-state index is 0.140. The molecule has 6 heteroatoms. The van der Waals surface area contributed by atoms with Crippen LogP contribution in [0.25, 0.3) is 0 Å². The lowest BCUT2D eigenvalue weighted by Crippen LogP contribution is -2.14. The normalized spacial score (nSPS) is 10.3. The number of pyridine rings is 1. The van der Waals surface area contributed by atoms with Gasteiger partial charge in [0, 0.05) is 4.47 Å². The van der Waals surface area contributed by atoms with E-state index in [4.69, 9.17) is 0 Å². The SMILES string of the molecule is Cc1nc(NC(=O)c2cccc(F)c2Br)ccc1Br. The quantitative estimate of drug-likeness (QED) is 0.834. The van der Waals surface area contributed by atoms with Gasteiger partial charge in [-0.25, -0.2) is 9.37 Å². The van der Waals surface area contributed by atoms with Crippen LogP contribution in [0.5, 0.6) is 0 Å². The van der Waals surface area contributed by atoms with Crippen molar-refractivity contribution in [1.29, 1.82) is 0 Å². The van der Waals surface area contributed by atoms with Crippen molar-refractivity contribution in [1.82, 2.24) is 4.98 Å². The summed E-state index contributed by atoms with van der Waals surface area (Å²) in [6.45, 7) is 1.82. The monoisotopic (exact) mass is 386 g/mol. The van der Waals surface area contributed by atoms with Crippen molar-refractivity contribution in [2.75, 3.05) is 5.32 Å². The second kappa shape index (κ2) is 5.79. The largest absolute Gasteiger partial charge is 0.307 e. The third-order valence-corrected chi connectivity index (χ3v) is 4.10. The maximum atomic E-state index is 13.3. The van der Waals surface area contributed by atoms with Crippen LogP contribution >= 0.6 is 31.9 Å². The standard InChI is InChI=1S/C13H9Br2FN2O/c1-7-9(14)5-6-11(17-7)18-13(19)8-3-2-4-10(16)12(8)15/h2-6H,1H3,(H,17,18,19). The smallest absolute Gasteiger partial charge is 0.258 e. The summed E-state index contributed by atoms with van der Waals surface area (Å²) in [6.07, 6.45) is 0. The van der Waals surface area contributed by atoms with Crippen molar-refractivity contribution < 1.29 is 9.18 Å². The van der Waals surface area contributed by atoms with Gasteiger partial charge in [0.25, 0.3) is 5.91 Å². The third-order valence-electron chi connectivity index (χ3n) is 2.46. The highest BCUT2D eigenvalue weighted by molar-refractivity contribution is 9.10. The van der Waals surface area contributed by atoms with Crippen LogP contribution < -0.4 is 5.32 Å². The Kier molecular flexibility index (Phi) is 4.31. The summed E-state index contributed by atoms with van der Waals surface area (Å²) in [5.74, 6) is -0.477. The highest BCUT2D eigenvalue weighted by atomic mass is 79.9. The van der Waals surface area contributed by atoms with Crippen molar-refractivity contribution >= 4 is 43.6 Å². The lowest BCUT2D eigenvalue weighted by molar-refractivity contribution is 0.102. The number of halogens is 3. The molecule has 1 heterocycles. The Morgan fingerprint density at radius 2 is 2.00 bits per heavy atom. The number of aromatic nitrogens is 1. The molecule has 0 aliphatic rings. The topological polar surface area (TPSA) is 42.0 Å². The van der Waals surface area contributed by atoms with E-state index in [1.54, 1.807) is 12.1 Å². The van der Waals surface area contributed by atoms with E-state index in [0.29, 0.717) is 5.82 Å². The van der Waals surface area contributed by atoms with Crippen molar-refractivity contribution in [3.05, 3.63) is 56.4 Å². The fraction of sp³-hybridized carbons (Fsp3) is 0.0769. The Morgan fingerprint density at radius 1 is 1.26 bits per heavy atom. The maximum absolute atomic E-state index is 13.3. The number of hydrogen-bond acceptors (Lipinski definition) is 2. The first-order valence-corrected chi connectivity index (χ1v) is 6.96. The summed E-state index contributed by atoms with van der Waals surface area (Å²) in [5.41, 5.74) is 0.985. The van der Waals surface area contributed by atoms with Crippen LogP contribution in [-0.4, -0.2) is 10.9 Å². The van der Waals surface area contributed by atoms with E-state index in [0.717, 1.165) is 10.2 Å². The Morgan fingerprint density at radius 3 is 2.68 bits per heavy atom. The number of rotatable bonds is 2. The molecular weight excluding hydrogens is 379 g/mol. The maximum Gasteiger partial charge on any atom is 0.258 e. The number of anilines is 1. The van der Waals surface area contributed by atoms with Gasteiger partial charge in [0.05, 0.1) is 15.7 Å². The fourth-order valence-corrected chi connectivity index (χ4v) is 2.14. The van der Waals surface area contributed by atoms with Crippen molar-refractivity contribution in [3.8, 4) is 0 Å². The molecule has 0 aliphatic heterocycles. The number of nitrogens with one attached hydrogen (secondary N) is 1. The fourth-order valence-electron chi connectivity index (χ4n) is 1.48. The predicted molar refractivity (Wildman–Crippen MR) is 78.7 cm³/mol. The van der Waals surface area contributed by atoms with Gasteiger partial charge in [0.15, 0.2) is 0 Å². The highest BCUT2D eigenvalue weighted by Crippen LogP contribution is 2.22. The van der Waals surface area contributed by atoms with Crippen LogP contribution in [0, 0.1) is 12.7 Å². The van der Waals surface area contributed by atoms with E-state index in [1.807, 2.05) is 6.92 Å². The first-order chi connectivity index (χ1) is 8.99. The molecule has 1 N–H and O–H groups in total. The van der Waals surface area contributed by atoms with Gasteiger partial charge in [-0.2, -0.15) is 0 Å². The van der Waals surface area contributed by atoms with Crippen LogP contribution in [0.2, 0.25) is 0 Å². The number of aryl methyl sites for hydroxylation is 1. The molecule has 0 atom stereocenters. The number of nitrogens with zero attached hydrogens (tertiary/aromatic N) is 1. The first-order valence-electron chi connectivity index (χ1n) is 5.37. The van der Waals surface area contributed by atoms with Gasteiger partial charge >= 0.3 is 0 Å². The molecule has 0 radical (unpaired) electrons. The molecule has 98 valence electrons. The summed E-state index contributed by atoms with van der Waals surface area (Å²) >= 11 is 6.39. The van der Waals surface area contributed by atoms with Gasteiger partial charge in [-0.15, -0.1) is 0 Å². The van der Waals surface area contributed by atoms with E-state index in [1.165, 1.54) is 18.2 Å². The average Bonchev–Trinajstić information content (AvgIpc) is 2.37. The van der Waals surface area contributed by atoms with Gasteiger partial charge in [-0.1, -0.05) is 6.07 Å². The lowest BCUT2D eigenvalue weighted by atomic mass is 10.2. The summed E-state index contributed by atoms with van der Waals surface area (Å²) < 4.78 is 14.3. The highest BCUT2D eigenvalue weighted by Gasteiger charge is 2.13. The third kappa shape index (κ3) is 3.19. The van der Waals surface area contributed by atoms with Gasteiger partial charge in [-0.05, 0) is 63.0 Å². The molecule has 0 spiro atoms. The van der Waals surface area contributed by atoms with E-state index >= 15 is 0 Å².